The number of benzene rings is 1. The van der Waals surface area contributed by atoms with E-state index in [1.165, 1.54) is 18.4 Å². The highest BCUT2D eigenvalue weighted by Gasteiger charge is 2.33. The summed E-state index contributed by atoms with van der Waals surface area (Å²) >= 11 is 0. The van der Waals surface area contributed by atoms with Crippen LogP contribution >= 0.6 is 12.4 Å². The fraction of sp³-hybridized carbons (Fsp3) is 0.611. The van der Waals surface area contributed by atoms with Gasteiger partial charge in [-0.15, -0.1) is 12.4 Å². The third-order valence-corrected chi connectivity index (χ3v) is 4.24. The Kier molecular flexibility index (Phi) is 9.03. The minimum absolute atomic E-state index is 0. The zero-order valence-corrected chi connectivity index (χ0v) is 14.7. The average molecular weight is 341 g/mol. The molecule has 1 atom stereocenters. The highest BCUT2D eigenvalue weighted by molar-refractivity contribution is 5.85. The van der Waals surface area contributed by atoms with E-state index >= 15 is 0 Å². The Hall–Kier alpha value is -1.26. The van der Waals surface area contributed by atoms with Crippen molar-refractivity contribution in [1.82, 2.24) is 5.32 Å². The second kappa shape index (κ2) is 10.5. The number of hydrogen-bond donors (Lipinski definition) is 2. The van der Waals surface area contributed by atoms with Crippen LogP contribution in [0.25, 0.3) is 0 Å². The molecule has 0 heterocycles. The van der Waals surface area contributed by atoms with Gasteiger partial charge in [0.1, 0.15) is 5.75 Å². The van der Waals surface area contributed by atoms with Crippen molar-refractivity contribution < 1.29 is 9.53 Å². The molecule has 1 aliphatic rings. The molecular weight excluding hydrogens is 312 g/mol. The second-order valence-corrected chi connectivity index (χ2v) is 6.11. The van der Waals surface area contributed by atoms with E-state index in [2.05, 4.69) is 17.4 Å². The summed E-state index contributed by atoms with van der Waals surface area (Å²) in [6.07, 6.45) is 7.23. The second-order valence-electron chi connectivity index (χ2n) is 6.11. The van der Waals surface area contributed by atoms with Gasteiger partial charge in [0, 0.05) is 6.42 Å². The number of carbonyl (C=O) groups is 1. The molecule has 1 unspecified atom stereocenters. The van der Waals surface area contributed by atoms with Crippen LogP contribution < -0.4 is 15.8 Å². The molecule has 3 N–H and O–H groups in total. The van der Waals surface area contributed by atoms with Crippen LogP contribution in [0.4, 0.5) is 0 Å². The van der Waals surface area contributed by atoms with E-state index in [4.69, 9.17) is 10.5 Å². The van der Waals surface area contributed by atoms with Crippen molar-refractivity contribution in [3.05, 3.63) is 29.8 Å². The molecule has 0 radical (unpaired) electrons. The maximum atomic E-state index is 12.2. The summed E-state index contributed by atoms with van der Waals surface area (Å²) in [6, 6.07) is 8.20. The smallest absolute Gasteiger partial charge is 0.220 e. The molecule has 0 spiro atoms. The van der Waals surface area contributed by atoms with Gasteiger partial charge < -0.3 is 15.8 Å². The van der Waals surface area contributed by atoms with Crippen LogP contribution in [-0.2, 0) is 4.79 Å². The Morgan fingerprint density at radius 1 is 1.22 bits per heavy atom. The molecule has 1 aliphatic carbocycles. The number of ether oxygens (including phenoxy) is 1. The lowest BCUT2D eigenvalue weighted by molar-refractivity contribution is -0.122. The summed E-state index contributed by atoms with van der Waals surface area (Å²) in [5.74, 6) is 1.61. The van der Waals surface area contributed by atoms with Gasteiger partial charge >= 0.3 is 0 Å². The summed E-state index contributed by atoms with van der Waals surface area (Å²) in [6.45, 7) is 0.743. The van der Waals surface area contributed by atoms with Gasteiger partial charge in [0.05, 0.1) is 13.2 Å². The Bertz CT molecular complexity index is 461. The molecule has 5 heteroatoms. The highest BCUT2D eigenvalue weighted by atomic mass is 35.5. The molecule has 1 amide bonds. The number of unbranched alkanes of at least 4 members (excludes halogenated alkanes) is 3. The minimum atomic E-state index is 0. The molecule has 23 heavy (non-hydrogen) atoms. The largest absolute Gasteiger partial charge is 0.497 e. The number of methoxy groups -OCH3 is 1. The summed E-state index contributed by atoms with van der Waals surface area (Å²) in [5, 5.41) is 3.22. The Morgan fingerprint density at radius 2 is 1.87 bits per heavy atom. The van der Waals surface area contributed by atoms with Crippen molar-refractivity contribution in [1.29, 1.82) is 0 Å². The summed E-state index contributed by atoms with van der Waals surface area (Å²) in [4.78, 5) is 12.2. The fourth-order valence-corrected chi connectivity index (χ4v) is 2.74. The first kappa shape index (κ1) is 19.8. The molecule has 0 aromatic heterocycles. The quantitative estimate of drug-likeness (QED) is 0.640. The van der Waals surface area contributed by atoms with Crippen molar-refractivity contribution in [2.45, 2.75) is 51.0 Å². The lowest BCUT2D eigenvalue weighted by Gasteiger charge is -2.19. The predicted molar refractivity (Wildman–Crippen MR) is 96.0 cm³/mol. The van der Waals surface area contributed by atoms with Crippen LogP contribution in [0.3, 0.4) is 0 Å². The van der Waals surface area contributed by atoms with Crippen LogP contribution in [0.5, 0.6) is 5.75 Å². The minimum Gasteiger partial charge on any atom is -0.497 e. The first-order chi connectivity index (χ1) is 10.7. The van der Waals surface area contributed by atoms with E-state index in [1.54, 1.807) is 7.11 Å². The Morgan fingerprint density at radius 3 is 2.43 bits per heavy atom. The number of carbonyl (C=O) groups excluding carboxylic acids is 1. The summed E-state index contributed by atoms with van der Waals surface area (Å²) in [7, 11) is 1.67. The maximum Gasteiger partial charge on any atom is 0.220 e. The van der Waals surface area contributed by atoms with Crippen molar-refractivity contribution in [3.63, 3.8) is 0 Å². The van der Waals surface area contributed by atoms with E-state index in [-0.39, 0.29) is 24.4 Å². The zero-order valence-electron chi connectivity index (χ0n) is 13.9. The van der Waals surface area contributed by atoms with Gasteiger partial charge in [-0.1, -0.05) is 25.0 Å². The van der Waals surface area contributed by atoms with E-state index < -0.39 is 0 Å². The Balaban J connectivity index is 0.00000264. The van der Waals surface area contributed by atoms with Gasteiger partial charge in [-0.3, -0.25) is 4.79 Å². The van der Waals surface area contributed by atoms with Gasteiger partial charge in [-0.2, -0.15) is 0 Å². The molecule has 1 fully saturated rings. The molecule has 4 nitrogen and oxygen atoms in total. The fourth-order valence-electron chi connectivity index (χ4n) is 2.74. The first-order valence-electron chi connectivity index (χ1n) is 8.38. The highest BCUT2D eigenvalue weighted by Crippen LogP contribution is 2.41. The van der Waals surface area contributed by atoms with Gasteiger partial charge in [0.2, 0.25) is 5.91 Å². The third-order valence-electron chi connectivity index (χ3n) is 4.24. The lowest BCUT2D eigenvalue weighted by atomic mass is 10.0. The molecule has 1 aromatic carbocycles. The first-order valence-corrected chi connectivity index (χ1v) is 8.38. The molecule has 1 aromatic rings. The average Bonchev–Trinajstić information content (AvgIpc) is 3.37. The van der Waals surface area contributed by atoms with Crippen molar-refractivity contribution in [2.75, 3.05) is 13.7 Å². The van der Waals surface area contributed by atoms with Crippen molar-refractivity contribution in [3.8, 4) is 5.75 Å². The van der Waals surface area contributed by atoms with Crippen molar-refractivity contribution in [2.24, 2.45) is 11.7 Å². The number of halogens is 1. The molecule has 0 saturated heterocycles. The van der Waals surface area contributed by atoms with Crippen LogP contribution in [0, 0.1) is 5.92 Å². The maximum absolute atomic E-state index is 12.2. The molecule has 0 bridgehead atoms. The molecule has 2 rings (SSSR count). The van der Waals surface area contributed by atoms with Crippen molar-refractivity contribution >= 4 is 18.3 Å². The van der Waals surface area contributed by atoms with Crippen LogP contribution in [0.1, 0.15) is 56.6 Å². The predicted octanol–water partition coefficient (Wildman–Crippen LogP) is 3.59. The van der Waals surface area contributed by atoms with Gasteiger partial charge in [-0.25, -0.2) is 0 Å². The van der Waals surface area contributed by atoms with Gasteiger partial charge in [-0.05, 0) is 55.8 Å². The van der Waals surface area contributed by atoms with E-state index in [1.807, 2.05) is 12.1 Å². The lowest BCUT2D eigenvalue weighted by Crippen LogP contribution is -2.29. The standard InChI is InChI=1S/C18H28N2O2.ClH/c1-22-16-11-9-15(10-12-16)18(14-7-8-14)20-17(21)6-4-2-3-5-13-19;/h9-12,14,18H,2-8,13,19H2,1H3,(H,20,21);1H. The van der Waals surface area contributed by atoms with Gasteiger partial charge in [0.25, 0.3) is 0 Å². The van der Waals surface area contributed by atoms with E-state index in [0.717, 1.165) is 38.0 Å². The molecule has 0 aliphatic heterocycles. The Labute approximate surface area is 145 Å². The summed E-state index contributed by atoms with van der Waals surface area (Å²) < 4.78 is 5.20. The number of amides is 1. The molecular formula is C18H29ClN2O2. The monoisotopic (exact) mass is 340 g/mol. The molecule has 130 valence electrons. The molecule has 1 saturated carbocycles. The third kappa shape index (κ3) is 6.80. The zero-order chi connectivity index (χ0) is 15.8. The summed E-state index contributed by atoms with van der Waals surface area (Å²) in [5.41, 5.74) is 6.65. The normalized spacial score (nSPS) is 14.7. The number of rotatable bonds is 10. The van der Waals surface area contributed by atoms with Crippen LogP contribution in [-0.4, -0.2) is 19.6 Å². The van der Waals surface area contributed by atoms with E-state index in [0.29, 0.717) is 12.3 Å². The van der Waals surface area contributed by atoms with Crippen LogP contribution in [0.2, 0.25) is 0 Å². The SMILES string of the molecule is COc1ccc(C(NC(=O)CCCCCCN)C2CC2)cc1.Cl. The number of nitrogens with one attached hydrogen (secondary N) is 1. The number of nitrogens with two attached hydrogens (primary N) is 1. The van der Waals surface area contributed by atoms with Crippen LogP contribution in [0.15, 0.2) is 24.3 Å². The topological polar surface area (TPSA) is 64.3 Å². The van der Waals surface area contributed by atoms with E-state index in [9.17, 15) is 4.79 Å². The number of hydrogen-bond acceptors (Lipinski definition) is 3. The van der Waals surface area contributed by atoms with Gasteiger partial charge in [0.15, 0.2) is 0 Å².